The number of benzene rings is 3. The Kier molecular flexibility index (Phi) is 8.45. The van der Waals surface area contributed by atoms with E-state index < -0.39 is 20.3 Å². The number of carbonyl (C=O) groups is 1. The van der Waals surface area contributed by atoms with Crippen LogP contribution >= 0.6 is 31.9 Å². The number of aromatic hydroxyl groups is 1. The number of ether oxygens (including phenoxy) is 1. The molecule has 3 aromatic carbocycles. The highest BCUT2D eigenvalue weighted by Gasteiger charge is 2.43. The van der Waals surface area contributed by atoms with Gasteiger partial charge < -0.3 is 9.84 Å². The third-order valence-electron chi connectivity index (χ3n) is 6.76. The van der Waals surface area contributed by atoms with Gasteiger partial charge in [0.05, 0.1) is 10.0 Å². The molecule has 0 spiro atoms. The minimum absolute atomic E-state index is 0.0265. The van der Waals surface area contributed by atoms with E-state index in [1.165, 1.54) is 0 Å². The molecule has 0 saturated heterocycles. The highest BCUT2D eigenvalue weighted by molar-refractivity contribution is 9.10. The first-order valence-electron chi connectivity index (χ1n) is 12.3. The van der Waals surface area contributed by atoms with Crippen LogP contribution in [-0.4, -0.2) is 38.3 Å². The number of phenolic OH excluding ortho intramolecular Hbond substituents is 1. The van der Waals surface area contributed by atoms with Gasteiger partial charge in [0.15, 0.2) is 5.78 Å². The van der Waals surface area contributed by atoms with Crippen molar-refractivity contribution in [3.8, 4) is 17.2 Å². The Morgan fingerprint density at radius 1 is 1.18 bits per heavy atom. The van der Waals surface area contributed by atoms with E-state index in [1.54, 1.807) is 36.4 Å². The molecule has 0 bridgehead atoms. The number of fused-ring (bicyclic) bond motifs is 1. The fourth-order valence-corrected chi connectivity index (χ4v) is 7.15. The number of nitrogens with zero attached hydrogens (tertiary/aromatic N) is 1. The lowest BCUT2D eigenvalue weighted by Crippen LogP contribution is -2.38. The Balaban J connectivity index is 2.05. The van der Waals surface area contributed by atoms with Crippen LogP contribution in [-0.2, 0) is 20.9 Å². The van der Waals surface area contributed by atoms with E-state index >= 15 is 0 Å². The van der Waals surface area contributed by atoms with Crippen molar-refractivity contribution in [3.63, 3.8) is 0 Å². The number of phenols is 1. The molecule has 3 aromatic rings. The molecule has 0 fully saturated rings. The largest absolute Gasteiger partial charge is 0.508 e. The number of rotatable bonds is 8. The average Bonchev–Trinajstić information content (AvgIpc) is 2.86. The zero-order chi connectivity index (χ0) is 28.7. The van der Waals surface area contributed by atoms with Crippen LogP contribution < -0.4 is 9.88 Å². The van der Waals surface area contributed by atoms with Gasteiger partial charge in [-0.1, -0.05) is 72.3 Å². The van der Waals surface area contributed by atoms with Crippen LogP contribution in [0.3, 0.4) is 0 Å². The molecule has 0 saturated carbocycles. The highest BCUT2D eigenvalue weighted by atomic mass is 79.9. The van der Waals surface area contributed by atoms with Crippen LogP contribution in [0.15, 0.2) is 64.0 Å². The summed E-state index contributed by atoms with van der Waals surface area (Å²) >= 11 is 7.40. The summed E-state index contributed by atoms with van der Waals surface area (Å²) in [4.78, 5) is 15.4. The van der Waals surface area contributed by atoms with Gasteiger partial charge in [0.1, 0.15) is 26.6 Å². The summed E-state index contributed by atoms with van der Waals surface area (Å²) in [5.41, 5.74) is 2.15. The monoisotopic (exact) mass is 676 g/mol. The van der Waals surface area contributed by atoms with Gasteiger partial charge in [0, 0.05) is 23.1 Å². The smallest absolute Gasteiger partial charge is 0.239 e. The van der Waals surface area contributed by atoms with Crippen LogP contribution in [0.1, 0.15) is 58.8 Å². The van der Waals surface area contributed by atoms with Crippen molar-refractivity contribution in [3.05, 3.63) is 86.9 Å². The Labute approximate surface area is 246 Å². The molecule has 0 aromatic heterocycles. The van der Waals surface area contributed by atoms with Gasteiger partial charge in [-0.25, -0.2) is 13.6 Å². The number of halogens is 2. The van der Waals surface area contributed by atoms with Gasteiger partial charge in [0.2, 0.25) is 10.0 Å². The third-order valence-corrected chi connectivity index (χ3v) is 9.94. The summed E-state index contributed by atoms with van der Waals surface area (Å²) in [6, 6.07) is 14.0. The normalized spacial score (nSPS) is 16.9. The molecule has 7 nitrogen and oxygen atoms in total. The summed E-state index contributed by atoms with van der Waals surface area (Å²) < 4.78 is 32.0. The molecule has 4 rings (SSSR count). The lowest BCUT2D eigenvalue weighted by atomic mass is 9.87. The van der Waals surface area contributed by atoms with Gasteiger partial charge in [0.25, 0.3) is 0 Å². The number of nitrogens with two attached hydrogens (primary N) is 1. The summed E-state index contributed by atoms with van der Waals surface area (Å²) in [5.74, 6) is 0.449. The molecular formula is C29H30Br2N2O5S. The fraction of sp³-hybridized carbons (Fsp3) is 0.276. The number of Topliss-reactive ketones (excluding diaryl/α,β-unsaturated/α-hetero) is 1. The fourth-order valence-electron chi connectivity index (χ4n) is 4.76. The van der Waals surface area contributed by atoms with Crippen molar-refractivity contribution in [2.24, 2.45) is 5.14 Å². The summed E-state index contributed by atoms with van der Waals surface area (Å²) in [6.45, 7) is 3.91. The lowest BCUT2D eigenvalue weighted by molar-refractivity contribution is 0.0988. The number of primary sulfonamides is 1. The van der Waals surface area contributed by atoms with Crippen LogP contribution in [0.5, 0.6) is 17.2 Å². The van der Waals surface area contributed by atoms with Gasteiger partial charge in [-0.05, 0) is 66.1 Å². The standard InChI is InChI=1S/C29H30Br2N2O5S/c1-17(2)21-16-19(12-13-22(21)34)38-27-25-20(11-8-14-29(25,31)33(3)4)28(39(32,36)37)24(26(27)30)23(35)15-18-9-6-5-7-10-18/h5-13,16-17,34H,14-15H2,1-4H3,(H2,32,36,37). The second-order valence-corrected chi connectivity index (χ2v) is 13.6. The third kappa shape index (κ3) is 5.71. The minimum Gasteiger partial charge on any atom is -0.508 e. The number of ketones is 1. The van der Waals surface area contributed by atoms with Crippen LogP contribution in [0.2, 0.25) is 0 Å². The second kappa shape index (κ2) is 11.2. The molecule has 0 radical (unpaired) electrons. The first-order chi connectivity index (χ1) is 18.3. The van der Waals surface area contributed by atoms with Crippen molar-refractivity contribution < 1.29 is 23.1 Å². The number of hydrogen-bond donors (Lipinski definition) is 2. The molecule has 10 heteroatoms. The van der Waals surface area contributed by atoms with E-state index in [4.69, 9.17) is 9.88 Å². The first-order valence-corrected chi connectivity index (χ1v) is 15.4. The van der Waals surface area contributed by atoms with Gasteiger partial charge in [-0.2, -0.15) is 0 Å². The maximum atomic E-state index is 13.8. The lowest BCUT2D eigenvalue weighted by Gasteiger charge is -2.39. The molecular weight excluding hydrogens is 648 g/mol. The Morgan fingerprint density at radius 3 is 2.44 bits per heavy atom. The predicted molar refractivity (Wildman–Crippen MR) is 160 cm³/mol. The summed E-state index contributed by atoms with van der Waals surface area (Å²) in [6.07, 6.45) is 3.97. The molecule has 206 valence electrons. The van der Waals surface area contributed by atoms with Crippen LogP contribution in [0, 0.1) is 0 Å². The topological polar surface area (TPSA) is 110 Å². The quantitative estimate of drug-likeness (QED) is 0.157. The molecule has 1 unspecified atom stereocenters. The van der Waals surface area contributed by atoms with Crippen LogP contribution in [0.4, 0.5) is 0 Å². The number of sulfonamides is 1. The maximum absolute atomic E-state index is 13.8. The zero-order valence-electron chi connectivity index (χ0n) is 22.0. The van der Waals surface area contributed by atoms with E-state index in [9.17, 15) is 18.3 Å². The van der Waals surface area contributed by atoms with Crippen molar-refractivity contribution in [2.75, 3.05) is 14.1 Å². The van der Waals surface area contributed by atoms with E-state index in [0.717, 1.165) is 5.56 Å². The van der Waals surface area contributed by atoms with E-state index in [1.807, 2.05) is 57.1 Å². The molecule has 1 atom stereocenters. The van der Waals surface area contributed by atoms with E-state index in [2.05, 4.69) is 31.9 Å². The number of hydrogen-bond acceptors (Lipinski definition) is 6. The predicted octanol–water partition coefficient (Wildman–Crippen LogP) is 6.67. The average molecular weight is 678 g/mol. The molecule has 1 aliphatic carbocycles. The molecule has 39 heavy (non-hydrogen) atoms. The Hall–Kier alpha value is -2.50. The SMILES string of the molecule is CC(C)c1cc(Oc2c(Br)c(C(=O)Cc3ccccc3)c(S(N)(=O)=O)c3c2C(Br)(N(C)C)CC=C3)ccc1O. The van der Waals surface area contributed by atoms with E-state index in [0.29, 0.717) is 23.3 Å². The van der Waals surface area contributed by atoms with Crippen molar-refractivity contribution >= 4 is 53.7 Å². The Morgan fingerprint density at radius 2 is 1.85 bits per heavy atom. The van der Waals surface area contributed by atoms with Crippen LogP contribution in [0.25, 0.3) is 6.08 Å². The van der Waals surface area contributed by atoms with Gasteiger partial charge >= 0.3 is 0 Å². The second-order valence-electron chi connectivity index (χ2n) is 10.0. The minimum atomic E-state index is -4.35. The number of alkyl halides is 1. The summed E-state index contributed by atoms with van der Waals surface area (Å²) in [7, 11) is -0.636. The molecule has 1 aliphatic rings. The maximum Gasteiger partial charge on any atom is 0.239 e. The molecule has 3 N–H and O–H groups in total. The van der Waals surface area contributed by atoms with Gasteiger partial charge in [-0.3, -0.25) is 9.69 Å². The molecule has 0 heterocycles. The van der Waals surface area contributed by atoms with Crippen molar-refractivity contribution in [2.45, 2.75) is 42.0 Å². The summed E-state index contributed by atoms with van der Waals surface area (Å²) in [5, 5.41) is 16.1. The van der Waals surface area contributed by atoms with Gasteiger partial charge in [-0.15, -0.1) is 0 Å². The van der Waals surface area contributed by atoms with E-state index in [-0.39, 0.29) is 44.3 Å². The van der Waals surface area contributed by atoms with Crippen molar-refractivity contribution in [1.29, 1.82) is 0 Å². The Bertz CT molecular complexity index is 1570. The molecule has 0 amide bonds. The number of carbonyl (C=O) groups excluding carboxylic acids is 1. The van der Waals surface area contributed by atoms with Crippen molar-refractivity contribution in [1.82, 2.24) is 4.90 Å². The highest BCUT2D eigenvalue weighted by Crippen LogP contribution is 2.54. The first kappa shape index (κ1) is 29.5. The zero-order valence-corrected chi connectivity index (χ0v) is 26.0. The molecule has 0 aliphatic heterocycles.